The molecule has 0 bridgehead atoms. The zero-order valence-electron chi connectivity index (χ0n) is 12.4. The average molecular weight is 277 g/mol. The fraction of sp³-hybridized carbons (Fsp3) is 0.211. The van der Waals surface area contributed by atoms with E-state index in [-0.39, 0.29) is 0 Å². The molecule has 0 aliphatic carbocycles. The van der Waals surface area contributed by atoms with Crippen LogP contribution in [-0.2, 0) is 19.5 Å². The van der Waals surface area contributed by atoms with Gasteiger partial charge in [-0.15, -0.1) is 0 Å². The van der Waals surface area contributed by atoms with E-state index >= 15 is 0 Å². The molecule has 3 aromatic rings. The van der Waals surface area contributed by atoms with E-state index < -0.39 is 0 Å². The number of aromatic nitrogens is 2. The second kappa shape index (κ2) is 6.40. The summed E-state index contributed by atoms with van der Waals surface area (Å²) in [6.45, 7) is 4.13. The minimum absolute atomic E-state index is 0.927. The predicted octanol–water partition coefficient (Wildman–Crippen LogP) is 3.43. The normalized spacial score (nSPS) is 10.7. The van der Waals surface area contributed by atoms with Crippen molar-refractivity contribution in [2.75, 3.05) is 0 Å². The first-order chi connectivity index (χ1) is 10.4. The van der Waals surface area contributed by atoms with Gasteiger partial charge in [0.05, 0.1) is 13.0 Å². The fourth-order valence-corrected chi connectivity index (χ4v) is 2.69. The summed E-state index contributed by atoms with van der Waals surface area (Å²) >= 11 is 0. The van der Waals surface area contributed by atoms with Gasteiger partial charge in [0.2, 0.25) is 0 Å². The zero-order chi connectivity index (χ0) is 14.5. The van der Waals surface area contributed by atoms with Crippen molar-refractivity contribution in [1.82, 2.24) is 4.57 Å². The van der Waals surface area contributed by atoms with Gasteiger partial charge in [-0.3, -0.25) is 0 Å². The van der Waals surface area contributed by atoms with Crippen LogP contribution in [0.2, 0.25) is 0 Å². The predicted molar refractivity (Wildman–Crippen MR) is 85.1 cm³/mol. The largest absolute Gasteiger partial charge is 0.261 e. The smallest absolute Gasteiger partial charge is 0.234 e. The van der Waals surface area contributed by atoms with Crippen LogP contribution in [0.1, 0.15) is 23.9 Å². The Morgan fingerprint density at radius 2 is 1.48 bits per heavy atom. The van der Waals surface area contributed by atoms with Gasteiger partial charge in [-0.1, -0.05) is 60.7 Å². The van der Waals surface area contributed by atoms with Crippen LogP contribution in [0.25, 0.3) is 0 Å². The summed E-state index contributed by atoms with van der Waals surface area (Å²) in [4.78, 5) is 0. The Labute approximate surface area is 126 Å². The number of hydrogen-bond donors (Lipinski definition) is 0. The molecule has 0 atom stereocenters. The van der Waals surface area contributed by atoms with Crippen LogP contribution < -0.4 is 4.57 Å². The van der Waals surface area contributed by atoms with Gasteiger partial charge in [0.25, 0.3) is 5.82 Å². The molecule has 0 radical (unpaired) electrons. The standard InChI is InChI=1S/C19H21N2/c1-2-20-13-14-21(16-18-11-7-4-8-12-18)19(20)15-17-9-5-3-6-10-17/h3-14H,2,15-16H2,1H3/q+1. The Morgan fingerprint density at radius 3 is 2.10 bits per heavy atom. The molecular weight excluding hydrogens is 256 g/mol. The highest BCUT2D eigenvalue weighted by atomic mass is 15.1. The molecular formula is C19H21N2+. The first-order valence-corrected chi connectivity index (χ1v) is 7.52. The lowest BCUT2D eigenvalue weighted by Gasteiger charge is -2.05. The Kier molecular flexibility index (Phi) is 4.15. The molecule has 0 unspecified atom stereocenters. The zero-order valence-corrected chi connectivity index (χ0v) is 12.4. The van der Waals surface area contributed by atoms with Crippen molar-refractivity contribution in [3.05, 3.63) is 90.0 Å². The van der Waals surface area contributed by atoms with Gasteiger partial charge in [-0.05, 0) is 18.1 Å². The van der Waals surface area contributed by atoms with Crippen LogP contribution in [0.5, 0.6) is 0 Å². The topological polar surface area (TPSA) is 8.81 Å². The van der Waals surface area contributed by atoms with E-state index in [0.717, 1.165) is 19.5 Å². The lowest BCUT2D eigenvalue weighted by Crippen LogP contribution is -2.36. The fourth-order valence-electron chi connectivity index (χ4n) is 2.69. The summed E-state index contributed by atoms with van der Waals surface area (Å²) < 4.78 is 4.68. The van der Waals surface area contributed by atoms with E-state index in [1.165, 1.54) is 17.0 Å². The number of rotatable bonds is 5. The molecule has 3 rings (SSSR count). The summed E-state index contributed by atoms with van der Waals surface area (Å²) in [5.41, 5.74) is 2.69. The Bertz CT molecular complexity index is 684. The van der Waals surface area contributed by atoms with Crippen molar-refractivity contribution < 1.29 is 4.57 Å². The number of benzene rings is 2. The summed E-state index contributed by atoms with van der Waals surface area (Å²) in [6.07, 6.45) is 5.34. The summed E-state index contributed by atoms with van der Waals surface area (Å²) in [7, 11) is 0. The second-order valence-electron chi connectivity index (χ2n) is 5.28. The second-order valence-corrected chi connectivity index (χ2v) is 5.28. The van der Waals surface area contributed by atoms with Crippen LogP contribution in [0, 0.1) is 0 Å². The minimum atomic E-state index is 0.927. The summed E-state index contributed by atoms with van der Waals surface area (Å²) in [5, 5.41) is 0. The molecule has 2 heteroatoms. The molecule has 0 spiro atoms. The van der Waals surface area contributed by atoms with Crippen molar-refractivity contribution in [1.29, 1.82) is 0 Å². The molecule has 0 amide bonds. The molecule has 1 aromatic heterocycles. The van der Waals surface area contributed by atoms with Gasteiger partial charge < -0.3 is 0 Å². The van der Waals surface area contributed by atoms with Gasteiger partial charge in [0.15, 0.2) is 0 Å². The van der Waals surface area contributed by atoms with Crippen LogP contribution in [0.3, 0.4) is 0 Å². The molecule has 106 valence electrons. The Morgan fingerprint density at radius 1 is 0.857 bits per heavy atom. The van der Waals surface area contributed by atoms with Gasteiger partial charge in [-0.2, -0.15) is 0 Å². The third kappa shape index (κ3) is 3.22. The number of imidazole rings is 1. The van der Waals surface area contributed by atoms with Gasteiger partial charge in [0.1, 0.15) is 18.9 Å². The minimum Gasteiger partial charge on any atom is -0.234 e. The van der Waals surface area contributed by atoms with Gasteiger partial charge in [0, 0.05) is 0 Å². The van der Waals surface area contributed by atoms with E-state index in [2.05, 4.69) is 89.1 Å². The lowest BCUT2D eigenvalue weighted by molar-refractivity contribution is -0.700. The molecule has 0 fully saturated rings. The highest BCUT2D eigenvalue weighted by Crippen LogP contribution is 2.09. The molecule has 0 N–H and O–H groups in total. The lowest BCUT2D eigenvalue weighted by atomic mass is 10.1. The summed E-state index contributed by atoms with van der Waals surface area (Å²) in [6, 6.07) is 21.3. The number of hydrogen-bond acceptors (Lipinski definition) is 0. The maximum Gasteiger partial charge on any atom is 0.261 e. The Hall–Kier alpha value is -2.35. The SMILES string of the molecule is CC[n+]1ccn(Cc2ccccc2)c1Cc1ccccc1. The van der Waals surface area contributed by atoms with Crippen molar-refractivity contribution in [3.63, 3.8) is 0 Å². The quantitative estimate of drug-likeness (QED) is 0.632. The monoisotopic (exact) mass is 277 g/mol. The molecule has 1 heterocycles. The molecule has 0 aliphatic heterocycles. The molecule has 0 saturated carbocycles. The maximum atomic E-state index is 2.35. The third-order valence-corrected chi connectivity index (χ3v) is 3.83. The Balaban J connectivity index is 1.89. The maximum absolute atomic E-state index is 2.35. The van der Waals surface area contributed by atoms with Crippen LogP contribution in [0.15, 0.2) is 73.1 Å². The van der Waals surface area contributed by atoms with E-state index in [4.69, 9.17) is 0 Å². The van der Waals surface area contributed by atoms with E-state index in [9.17, 15) is 0 Å². The average Bonchev–Trinajstić information content (AvgIpc) is 2.91. The van der Waals surface area contributed by atoms with Crippen molar-refractivity contribution in [3.8, 4) is 0 Å². The van der Waals surface area contributed by atoms with Crippen LogP contribution >= 0.6 is 0 Å². The summed E-state index contributed by atoms with van der Waals surface area (Å²) in [5.74, 6) is 1.35. The van der Waals surface area contributed by atoms with Crippen molar-refractivity contribution >= 4 is 0 Å². The van der Waals surface area contributed by atoms with Gasteiger partial charge >= 0.3 is 0 Å². The molecule has 0 saturated heterocycles. The highest BCUT2D eigenvalue weighted by molar-refractivity contribution is 5.19. The first-order valence-electron chi connectivity index (χ1n) is 7.52. The highest BCUT2D eigenvalue weighted by Gasteiger charge is 2.16. The third-order valence-electron chi connectivity index (χ3n) is 3.83. The number of aryl methyl sites for hydroxylation is 1. The van der Waals surface area contributed by atoms with Crippen LogP contribution in [-0.4, -0.2) is 4.57 Å². The van der Waals surface area contributed by atoms with E-state index in [1.54, 1.807) is 0 Å². The van der Waals surface area contributed by atoms with E-state index in [0.29, 0.717) is 0 Å². The van der Waals surface area contributed by atoms with E-state index in [1.807, 2.05) is 0 Å². The molecule has 2 nitrogen and oxygen atoms in total. The first kappa shape index (κ1) is 13.6. The molecule has 2 aromatic carbocycles. The number of nitrogens with zero attached hydrogens (tertiary/aromatic N) is 2. The van der Waals surface area contributed by atoms with Gasteiger partial charge in [-0.25, -0.2) is 9.13 Å². The van der Waals surface area contributed by atoms with Crippen LogP contribution in [0.4, 0.5) is 0 Å². The van der Waals surface area contributed by atoms with Crippen molar-refractivity contribution in [2.24, 2.45) is 0 Å². The van der Waals surface area contributed by atoms with Crippen molar-refractivity contribution in [2.45, 2.75) is 26.4 Å². The molecule has 21 heavy (non-hydrogen) atoms. The molecule has 0 aliphatic rings.